The molecule has 0 bridgehead atoms. The van der Waals surface area contributed by atoms with E-state index in [1.807, 2.05) is 37.3 Å². The molecule has 0 saturated heterocycles. The van der Waals surface area contributed by atoms with Crippen LogP contribution >= 0.6 is 0 Å². The summed E-state index contributed by atoms with van der Waals surface area (Å²) in [6.45, 7) is 8.54. The maximum atomic E-state index is 9.59. The first-order valence-electron chi connectivity index (χ1n) is 7.40. The molecule has 0 aliphatic carbocycles. The Morgan fingerprint density at radius 3 is 2.86 bits per heavy atom. The average Bonchev–Trinajstić information content (AvgIpc) is 2.91. The highest BCUT2D eigenvalue weighted by atomic mass is 15.1. The van der Waals surface area contributed by atoms with E-state index < -0.39 is 0 Å². The van der Waals surface area contributed by atoms with Gasteiger partial charge in [-0.25, -0.2) is 4.98 Å². The second kappa shape index (κ2) is 5.53. The lowest BCUT2D eigenvalue weighted by molar-refractivity contribution is 1.04. The molecule has 2 heterocycles. The van der Waals surface area contributed by atoms with Crippen LogP contribution in [0.25, 0.3) is 16.7 Å². The minimum absolute atomic E-state index is 0.650. The van der Waals surface area contributed by atoms with Gasteiger partial charge in [-0.2, -0.15) is 5.26 Å². The molecule has 22 heavy (non-hydrogen) atoms. The molecule has 1 N–H and O–H groups in total. The van der Waals surface area contributed by atoms with Crippen molar-refractivity contribution in [3.8, 4) is 6.07 Å². The van der Waals surface area contributed by atoms with E-state index in [1.165, 1.54) is 0 Å². The fourth-order valence-corrected chi connectivity index (χ4v) is 2.97. The van der Waals surface area contributed by atoms with Gasteiger partial charge in [-0.05, 0) is 36.6 Å². The van der Waals surface area contributed by atoms with Crippen molar-refractivity contribution in [2.24, 2.45) is 0 Å². The number of benzene rings is 1. The van der Waals surface area contributed by atoms with Crippen molar-refractivity contribution in [3.63, 3.8) is 0 Å². The fourth-order valence-electron chi connectivity index (χ4n) is 2.97. The Bertz CT molecular complexity index is 912. The molecule has 0 aliphatic heterocycles. The van der Waals surface area contributed by atoms with Gasteiger partial charge in [-0.3, -0.25) is 4.40 Å². The Morgan fingerprint density at radius 1 is 1.41 bits per heavy atom. The number of anilines is 1. The van der Waals surface area contributed by atoms with Gasteiger partial charge in [0, 0.05) is 6.54 Å². The maximum absolute atomic E-state index is 9.59. The van der Waals surface area contributed by atoms with Gasteiger partial charge in [-0.15, -0.1) is 6.58 Å². The Hall–Kier alpha value is -2.80. The predicted molar refractivity (Wildman–Crippen MR) is 90.2 cm³/mol. The molecule has 3 rings (SSSR count). The second-order valence-corrected chi connectivity index (χ2v) is 5.22. The van der Waals surface area contributed by atoms with Crippen LogP contribution in [-0.4, -0.2) is 15.9 Å². The first-order valence-corrected chi connectivity index (χ1v) is 7.40. The molecule has 4 heteroatoms. The number of fused-ring (bicyclic) bond motifs is 3. The van der Waals surface area contributed by atoms with E-state index in [4.69, 9.17) is 0 Å². The minimum Gasteiger partial charge on any atom is -0.367 e. The fraction of sp³-hybridized carbons (Fsp3) is 0.222. The smallest absolute Gasteiger partial charge is 0.157 e. The zero-order valence-corrected chi connectivity index (χ0v) is 12.8. The summed E-state index contributed by atoms with van der Waals surface area (Å²) in [4.78, 5) is 4.67. The van der Waals surface area contributed by atoms with Crippen LogP contribution in [0.15, 0.2) is 36.9 Å². The standard InChI is InChI=1S/C18H18N4/c1-4-10-20-17-13(5-2)12(3)14(11-19)18-21-15-8-6-7-9-16(15)22(17)18/h4,6-9,20H,1,5,10H2,2-3H3. The third kappa shape index (κ3) is 1.94. The minimum atomic E-state index is 0.650. The number of imidazole rings is 1. The normalized spacial score (nSPS) is 10.8. The van der Waals surface area contributed by atoms with E-state index in [0.29, 0.717) is 17.8 Å². The quantitative estimate of drug-likeness (QED) is 0.743. The zero-order chi connectivity index (χ0) is 15.7. The largest absolute Gasteiger partial charge is 0.367 e. The SMILES string of the molecule is C=CCNc1c(CC)c(C)c(C#N)c2nc3ccccc3n12. The molecule has 0 unspecified atom stereocenters. The molecule has 0 fully saturated rings. The lowest BCUT2D eigenvalue weighted by atomic mass is 10.0. The number of aromatic nitrogens is 2. The van der Waals surface area contributed by atoms with E-state index in [-0.39, 0.29) is 0 Å². The van der Waals surface area contributed by atoms with Crippen molar-refractivity contribution >= 4 is 22.5 Å². The van der Waals surface area contributed by atoms with E-state index >= 15 is 0 Å². The van der Waals surface area contributed by atoms with Crippen LogP contribution in [0, 0.1) is 18.3 Å². The average molecular weight is 290 g/mol. The summed E-state index contributed by atoms with van der Waals surface area (Å²) in [6.07, 6.45) is 2.68. The second-order valence-electron chi connectivity index (χ2n) is 5.22. The van der Waals surface area contributed by atoms with Gasteiger partial charge in [0.15, 0.2) is 5.65 Å². The summed E-state index contributed by atoms with van der Waals surface area (Å²) in [5, 5.41) is 13.0. The van der Waals surface area contributed by atoms with Crippen LogP contribution in [0.2, 0.25) is 0 Å². The topological polar surface area (TPSA) is 53.1 Å². The number of nitrogens with zero attached hydrogens (tertiary/aromatic N) is 3. The monoisotopic (exact) mass is 290 g/mol. The first-order chi connectivity index (χ1) is 10.7. The van der Waals surface area contributed by atoms with E-state index in [0.717, 1.165) is 34.4 Å². The van der Waals surface area contributed by atoms with Gasteiger partial charge >= 0.3 is 0 Å². The molecular weight excluding hydrogens is 272 g/mol. The molecule has 0 saturated carbocycles. The van der Waals surface area contributed by atoms with E-state index in [2.05, 4.69) is 34.3 Å². The molecule has 0 atom stereocenters. The van der Waals surface area contributed by atoms with E-state index in [9.17, 15) is 5.26 Å². The summed E-state index contributed by atoms with van der Waals surface area (Å²) in [5.41, 5.74) is 5.42. The summed E-state index contributed by atoms with van der Waals surface area (Å²) < 4.78 is 2.06. The zero-order valence-electron chi connectivity index (χ0n) is 12.8. The molecule has 3 aromatic rings. The van der Waals surface area contributed by atoms with Crippen LogP contribution in [0.4, 0.5) is 5.82 Å². The van der Waals surface area contributed by atoms with Gasteiger partial charge in [0.1, 0.15) is 11.9 Å². The van der Waals surface area contributed by atoms with Crippen LogP contribution in [0.5, 0.6) is 0 Å². The first kappa shape index (κ1) is 14.2. The van der Waals surface area contributed by atoms with E-state index in [1.54, 1.807) is 0 Å². The van der Waals surface area contributed by atoms with Gasteiger partial charge in [0.2, 0.25) is 0 Å². The summed E-state index contributed by atoms with van der Waals surface area (Å²) in [7, 11) is 0. The molecule has 4 nitrogen and oxygen atoms in total. The maximum Gasteiger partial charge on any atom is 0.157 e. The number of rotatable bonds is 4. The van der Waals surface area contributed by atoms with Crippen molar-refractivity contribution in [2.45, 2.75) is 20.3 Å². The Kier molecular flexibility index (Phi) is 3.56. The van der Waals surface area contributed by atoms with Crippen molar-refractivity contribution < 1.29 is 0 Å². The molecule has 110 valence electrons. The molecular formula is C18H18N4. The number of nitrogens with one attached hydrogen (secondary N) is 1. The summed E-state index contributed by atoms with van der Waals surface area (Å²) in [5.74, 6) is 1.00. The lowest BCUT2D eigenvalue weighted by Gasteiger charge is -2.17. The number of nitriles is 1. The van der Waals surface area contributed by atoms with Crippen molar-refractivity contribution in [3.05, 3.63) is 53.6 Å². The Morgan fingerprint density at radius 2 is 2.18 bits per heavy atom. The summed E-state index contributed by atoms with van der Waals surface area (Å²) >= 11 is 0. The highest BCUT2D eigenvalue weighted by Gasteiger charge is 2.19. The van der Waals surface area contributed by atoms with Gasteiger partial charge < -0.3 is 5.32 Å². The van der Waals surface area contributed by atoms with Crippen LogP contribution in [0.1, 0.15) is 23.6 Å². The van der Waals surface area contributed by atoms with Crippen molar-refractivity contribution in [1.82, 2.24) is 9.38 Å². The summed E-state index contributed by atoms with van der Waals surface area (Å²) in [6, 6.07) is 10.3. The molecule has 2 aromatic heterocycles. The molecule has 1 aromatic carbocycles. The molecule has 0 spiro atoms. The van der Waals surface area contributed by atoms with Crippen molar-refractivity contribution in [2.75, 3.05) is 11.9 Å². The Balaban J connectivity index is 2.52. The molecule has 0 aliphatic rings. The highest BCUT2D eigenvalue weighted by molar-refractivity contribution is 5.86. The molecule has 0 radical (unpaired) electrons. The molecule has 0 amide bonds. The van der Waals surface area contributed by atoms with Crippen LogP contribution in [0.3, 0.4) is 0 Å². The van der Waals surface area contributed by atoms with Crippen LogP contribution in [-0.2, 0) is 6.42 Å². The highest BCUT2D eigenvalue weighted by Crippen LogP contribution is 2.31. The van der Waals surface area contributed by atoms with Crippen LogP contribution < -0.4 is 5.32 Å². The van der Waals surface area contributed by atoms with Gasteiger partial charge in [0.05, 0.1) is 16.6 Å². The third-order valence-corrected chi connectivity index (χ3v) is 4.00. The van der Waals surface area contributed by atoms with Gasteiger partial charge in [0.25, 0.3) is 0 Å². The number of para-hydroxylation sites is 2. The lowest BCUT2D eigenvalue weighted by Crippen LogP contribution is -2.10. The Labute approximate surface area is 129 Å². The van der Waals surface area contributed by atoms with Gasteiger partial charge in [-0.1, -0.05) is 25.1 Å². The number of hydrogen-bond donors (Lipinski definition) is 1. The number of pyridine rings is 1. The number of hydrogen-bond acceptors (Lipinski definition) is 3. The third-order valence-electron chi connectivity index (χ3n) is 4.00. The predicted octanol–water partition coefficient (Wildman–Crippen LogP) is 3.83. The van der Waals surface area contributed by atoms with Crippen molar-refractivity contribution in [1.29, 1.82) is 5.26 Å².